The highest BCUT2D eigenvalue weighted by Gasteiger charge is 2.15. The van der Waals surface area contributed by atoms with Gasteiger partial charge in [-0.25, -0.2) is 4.79 Å². The van der Waals surface area contributed by atoms with Gasteiger partial charge in [0.1, 0.15) is 5.58 Å². The first kappa shape index (κ1) is 12.0. The fourth-order valence-electron chi connectivity index (χ4n) is 2.72. The molecule has 1 aromatic heterocycles. The maximum Gasteiger partial charge on any atom is 0.339 e. The molecule has 96 valence electrons. The summed E-state index contributed by atoms with van der Waals surface area (Å²) in [6.07, 6.45) is 0. The quantitative estimate of drug-likeness (QED) is 0.444. The number of rotatable bonds is 0. The fraction of sp³-hybridized carbons (Fsp3) is 0.235. The molecule has 0 atom stereocenters. The van der Waals surface area contributed by atoms with E-state index < -0.39 is 0 Å². The van der Waals surface area contributed by atoms with E-state index in [9.17, 15) is 4.79 Å². The lowest BCUT2D eigenvalue weighted by Crippen LogP contribution is -2.07. The predicted molar refractivity (Wildman–Crippen MR) is 78.9 cm³/mol. The second-order valence-electron chi connectivity index (χ2n) is 5.14. The highest BCUT2D eigenvalue weighted by molar-refractivity contribution is 6.10. The second kappa shape index (κ2) is 3.95. The molecule has 1 heterocycles. The number of aryl methyl sites for hydroxylation is 3. The molecule has 0 saturated carbocycles. The van der Waals surface area contributed by atoms with Crippen molar-refractivity contribution in [2.75, 3.05) is 0 Å². The Balaban J connectivity index is 2.76. The summed E-state index contributed by atoms with van der Waals surface area (Å²) in [5.41, 5.74) is 4.43. The van der Waals surface area contributed by atoms with Gasteiger partial charge in [-0.05, 0) is 55.2 Å². The molecule has 0 aliphatic rings. The highest BCUT2D eigenvalue weighted by atomic mass is 16.4. The van der Waals surface area contributed by atoms with Gasteiger partial charge in [0.05, 0.1) is 0 Å². The maximum absolute atomic E-state index is 11.9. The van der Waals surface area contributed by atoms with Crippen molar-refractivity contribution in [1.82, 2.24) is 0 Å². The van der Waals surface area contributed by atoms with Gasteiger partial charge in [-0.3, -0.25) is 0 Å². The van der Waals surface area contributed by atoms with E-state index in [4.69, 9.17) is 4.42 Å². The molecule has 0 spiro atoms. The zero-order chi connectivity index (χ0) is 13.7. The number of fused-ring (bicyclic) bond motifs is 3. The van der Waals surface area contributed by atoms with Gasteiger partial charge in [-0.1, -0.05) is 24.3 Å². The summed E-state index contributed by atoms with van der Waals surface area (Å²) >= 11 is 0. The smallest absolute Gasteiger partial charge is 0.339 e. The zero-order valence-corrected chi connectivity index (χ0v) is 11.6. The van der Waals surface area contributed by atoms with E-state index in [1.165, 1.54) is 10.9 Å². The van der Waals surface area contributed by atoms with Crippen molar-refractivity contribution in [3.05, 3.63) is 56.9 Å². The Labute approximate surface area is 111 Å². The molecular formula is C17H16O2. The first-order valence-corrected chi connectivity index (χ1v) is 6.44. The fourth-order valence-corrected chi connectivity index (χ4v) is 2.72. The molecule has 0 amide bonds. The molecule has 0 aliphatic carbocycles. The third-order valence-electron chi connectivity index (χ3n) is 4.17. The van der Waals surface area contributed by atoms with E-state index in [0.717, 1.165) is 27.5 Å². The van der Waals surface area contributed by atoms with Crippen molar-refractivity contribution in [2.24, 2.45) is 0 Å². The zero-order valence-electron chi connectivity index (χ0n) is 11.6. The lowest BCUT2D eigenvalue weighted by molar-refractivity contribution is 0.551. The molecular weight excluding hydrogens is 236 g/mol. The first-order chi connectivity index (χ1) is 9.02. The molecule has 2 heteroatoms. The first-order valence-electron chi connectivity index (χ1n) is 6.44. The van der Waals surface area contributed by atoms with Crippen LogP contribution in [0.4, 0.5) is 0 Å². The SMILES string of the molecule is Cc1c(C)c2c(oc1=O)c(C)c(C)c1ccccc12. The minimum atomic E-state index is -0.234. The van der Waals surface area contributed by atoms with Gasteiger partial charge in [-0.15, -0.1) is 0 Å². The van der Waals surface area contributed by atoms with Gasteiger partial charge in [0, 0.05) is 10.9 Å². The topological polar surface area (TPSA) is 30.2 Å². The normalized spacial score (nSPS) is 11.4. The van der Waals surface area contributed by atoms with E-state index in [-0.39, 0.29) is 5.63 Å². The molecule has 0 saturated heterocycles. The van der Waals surface area contributed by atoms with Crippen molar-refractivity contribution >= 4 is 21.7 Å². The molecule has 3 rings (SSSR count). The molecule has 0 radical (unpaired) electrons. The largest absolute Gasteiger partial charge is 0.422 e. The maximum atomic E-state index is 11.9. The van der Waals surface area contributed by atoms with Gasteiger partial charge in [-0.2, -0.15) is 0 Å². The molecule has 0 unspecified atom stereocenters. The molecule has 3 aromatic rings. The van der Waals surface area contributed by atoms with Crippen molar-refractivity contribution in [1.29, 1.82) is 0 Å². The van der Waals surface area contributed by atoms with E-state index in [1.54, 1.807) is 0 Å². The van der Waals surface area contributed by atoms with Crippen LogP contribution in [0.5, 0.6) is 0 Å². The number of hydrogen-bond donors (Lipinski definition) is 0. The Morgan fingerprint density at radius 2 is 1.42 bits per heavy atom. The van der Waals surface area contributed by atoms with Crippen LogP contribution in [0, 0.1) is 27.7 Å². The Bertz CT molecular complexity index is 870. The molecule has 0 bridgehead atoms. The lowest BCUT2D eigenvalue weighted by atomic mass is 9.93. The third-order valence-corrected chi connectivity index (χ3v) is 4.17. The molecule has 0 N–H and O–H groups in total. The minimum absolute atomic E-state index is 0.234. The average molecular weight is 252 g/mol. The molecule has 0 aliphatic heterocycles. The summed E-state index contributed by atoms with van der Waals surface area (Å²) < 4.78 is 5.54. The van der Waals surface area contributed by atoms with Crippen LogP contribution in [0.3, 0.4) is 0 Å². The van der Waals surface area contributed by atoms with Crippen LogP contribution in [0.25, 0.3) is 21.7 Å². The summed E-state index contributed by atoms with van der Waals surface area (Å²) in [4.78, 5) is 11.9. The van der Waals surface area contributed by atoms with E-state index in [2.05, 4.69) is 19.1 Å². The second-order valence-corrected chi connectivity index (χ2v) is 5.14. The molecule has 19 heavy (non-hydrogen) atoms. The summed E-state index contributed by atoms with van der Waals surface area (Å²) in [6.45, 7) is 7.91. The third kappa shape index (κ3) is 1.53. The Morgan fingerprint density at radius 3 is 2.11 bits per heavy atom. The van der Waals surface area contributed by atoms with Crippen molar-refractivity contribution in [3.63, 3.8) is 0 Å². The van der Waals surface area contributed by atoms with Crippen molar-refractivity contribution in [3.8, 4) is 0 Å². The van der Waals surface area contributed by atoms with Gasteiger partial charge >= 0.3 is 5.63 Å². The van der Waals surface area contributed by atoms with Crippen LogP contribution in [0.2, 0.25) is 0 Å². The van der Waals surface area contributed by atoms with Crippen molar-refractivity contribution < 1.29 is 4.42 Å². The highest BCUT2D eigenvalue weighted by Crippen LogP contribution is 2.33. The Morgan fingerprint density at radius 1 is 0.789 bits per heavy atom. The van der Waals surface area contributed by atoms with Gasteiger partial charge in [0.2, 0.25) is 0 Å². The predicted octanol–water partition coefficient (Wildman–Crippen LogP) is 4.18. The van der Waals surface area contributed by atoms with Crippen LogP contribution in [-0.2, 0) is 0 Å². The summed E-state index contributed by atoms with van der Waals surface area (Å²) in [7, 11) is 0. The van der Waals surface area contributed by atoms with E-state index in [0.29, 0.717) is 5.56 Å². The van der Waals surface area contributed by atoms with E-state index >= 15 is 0 Å². The Kier molecular flexibility index (Phi) is 2.49. The van der Waals surface area contributed by atoms with Gasteiger partial charge in [0.25, 0.3) is 0 Å². The van der Waals surface area contributed by atoms with Gasteiger partial charge < -0.3 is 4.42 Å². The monoisotopic (exact) mass is 252 g/mol. The number of hydrogen-bond acceptors (Lipinski definition) is 2. The van der Waals surface area contributed by atoms with E-state index in [1.807, 2.05) is 32.9 Å². The standard InChI is InChI=1S/C17H16O2/c1-9-11(3)16-15(10(2)12(4)17(18)19-16)14-8-6-5-7-13(9)14/h5-8H,1-4H3. The van der Waals surface area contributed by atoms with Crippen LogP contribution in [-0.4, -0.2) is 0 Å². The van der Waals surface area contributed by atoms with Crippen LogP contribution in [0.1, 0.15) is 22.3 Å². The molecule has 2 nitrogen and oxygen atoms in total. The summed E-state index contributed by atoms with van der Waals surface area (Å²) in [6, 6.07) is 8.28. The average Bonchev–Trinajstić information content (AvgIpc) is 2.42. The van der Waals surface area contributed by atoms with Crippen LogP contribution < -0.4 is 5.63 Å². The van der Waals surface area contributed by atoms with Crippen molar-refractivity contribution in [2.45, 2.75) is 27.7 Å². The lowest BCUT2D eigenvalue weighted by Gasteiger charge is -2.13. The molecule has 2 aromatic carbocycles. The van der Waals surface area contributed by atoms with Gasteiger partial charge in [0.15, 0.2) is 0 Å². The van der Waals surface area contributed by atoms with Crippen LogP contribution in [0.15, 0.2) is 33.5 Å². The molecule has 0 fully saturated rings. The van der Waals surface area contributed by atoms with Crippen LogP contribution >= 0.6 is 0 Å². The summed E-state index contributed by atoms with van der Waals surface area (Å²) in [5.74, 6) is 0. The number of benzene rings is 2. The minimum Gasteiger partial charge on any atom is -0.422 e. The Hall–Kier alpha value is -2.09. The summed E-state index contributed by atoms with van der Waals surface area (Å²) in [5, 5.41) is 3.45.